The van der Waals surface area contributed by atoms with E-state index in [4.69, 9.17) is 4.18 Å². The zero-order valence-corrected chi connectivity index (χ0v) is 17.4. The molecule has 1 aliphatic carbocycles. The molecule has 156 valence electrons. The Bertz CT molecular complexity index is 1050. The molecule has 0 fully saturated rings. The summed E-state index contributed by atoms with van der Waals surface area (Å²) in [6.07, 6.45) is 2.33. The number of aryl methyl sites for hydroxylation is 1. The van der Waals surface area contributed by atoms with Crippen molar-refractivity contribution in [1.29, 1.82) is 0 Å². The van der Waals surface area contributed by atoms with E-state index in [1.54, 1.807) is 18.2 Å². The van der Waals surface area contributed by atoms with Crippen molar-refractivity contribution in [2.24, 2.45) is 5.41 Å². The third-order valence-electron chi connectivity index (χ3n) is 5.09. The molecule has 2 aromatic carbocycles. The number of carbonyl (C=O) groups is 1. The molecular formula is C21H23F2NO4S. The summed E-state index contributed by atoms with van der Waals surface area (Å²) >= 11 is 0. The minimum atomic E-state index is -3.66. The molecule has 2 aromatic rings. The average Bonchev–Trinajstić information content (AvgIpc) is 2.62. The summed E-state index contributed by atoms with van der Waals surface area (Å²) < 4.78 is 55.2. The Morgan fingerprint density at radius 1 is 1.14 bits per heavy atom. The lowest BCUT2D eigenvalue weighted by Gasteiger charge is -2.31. The molecular weight excluding hydrogens is 400 g/mol. The van der Waals surface area contributed by atoms with Gasteiger partial charge in [0, 0.05) is 29.3 Å². The van der Waals surface area contributed by atoms with Crippen LogP contribution in [-0.4, -0.2) is 33.6 Å². The van der Waals surface area contributed by atoms with Crippen molar-refractivity contribution in [2.75, 3.05) is 24.3 Å². The van der Waals surface area contributed by atoms with Crippen molar-refractivity contribution in [3.05, 3.63) is 59.2 Å². The first-order valence-corrected chi connectivity index (χ1v) is 11.0. The maximum atomic E-state index is 14.5. The van der Waals surface area contributed by atoms with Gasteiger partial charge in [0.05, 0.1) is 18.6 Å². The maximum Gasteiger partial charge on any atom is 0.264 e. The van der Waals surface area contributed by atoms with Crippen LogP contribution in [0.25, 0.3) is 0 Å². The van der Waals surface area contributed by atoms with Crippen LogP contribution >= 0.6 is 0 Å². The monoisotopic (exact) mass is 423 g/mol. The Morgan fingerprint density at radius 3 is 2.52 bits per heavy atom. The summed E-state index contributed by atoms with van der Waals surface area (Å²) in [6.45, 7) is 3.64. The number of ketones is 1. The van der Waals surface area contributed by atoms with Gasteiger partial charge in [-0.2, -0.15) is 8.42 Å². The SMILES string of the molecule is CC1(C)CCc2cc(N(CCOS(C)(=O)=O)c3ccc(F)cc3F)ccc2C1=O. The van der Waals surface area contributed by atoms with Gasteiger partial charge < -0.3 is 4.90 Å². The second kappa shape index (κ2) is 7.84. The third-order valence-corrected chi connectivity index (χ3v) is 5.69. The molecule has 29 heavy (non-hydrogen) atoms. The van der Waals surface area contributed by atoms with E-state index in [0.717, 1.165) is 24.0 Å². The van der Waals surface area contributed by atoms with Gasteiger partial charge in [-0.15, -0.1) is 0 Å². The van der Waals surface area contributed by atoms with Gasteiger partial charge in [-0.05, 0) is 48.7 Å². The van der Waals surface area contributed by atoms with Gasteiger partial charge in [-0.3, -0.25) is 8.98 Å². The number of hydrogen-bond donors (Lipinski definition) is 0. The first-order chi connectivity index (χ1) is 13.5. The van der Waals surface area contributed by atoms with Crippen molar-refractivity contribution in [3.8, 4) is 0 Å². The van der Waals surface area contributed by atoms with Crippen molar-refractivity contribution in [1.82, 2.24) is 0 Å². The highest BCUT2D eigenvalue weighted by atomic mass is 32.2. The minimum absolute atomic E-state index is 0.0217. The predicted molar refractivity (Wildman–Crippen MR) is 107 cm³/mol. The third kappa shape index (κ3) is 4.82. The summed E-state index contributed by atoms with van der Waals surface area (Å²) in [5.41, 5.74) is 1.71. The first kappa shape index (κ1) is 21.4. The van der Waals surface area contributed by atoms with Crippen molar-refractivity contribution in [3.63, 3.8) is 0 Å². The molecule has 5 nitrogen and oxygen atoms in total. The topological polar surface area (TPSA) is 63.7 Å². The van der Waals surface area contributed by atoms with Crippen LogP contribution < -0.4 is 4.90 Å². The lowest BCUT2D eigenvalue weighted by atomic mass is 9.73. The molecule has 0 saturated heterocycles. The molecule has 0 aromatic heterocycles. The van der Waals surface area contributed by atoms with Crippen LogP contribution in [0, 0.1) is 17.0 Å². The number of nitrogens with zero attached hydrogens (tertiary/aromatic N) is 1. The van der Waals surface area contributed by atoms with E-state index in [1.165, 1.54) is 11.0 Å². The number of rotatable bonds is 6. The van der Waals surface area contributed by atoms with E-state index in [2.05, 4.69) is 0 Å². The Kier molecular flexibility index (Phi) is 5.78. The van der Waals surface area contributed by atoms with E-state index in [1.807, 2.05) is 13.8 Å². The van der Waals surface area contributed by atoms with Gasteiger partial charge in [-0.25, -0.2) is 8.78 Å². The molecule has 0 saturated carbocycles. The molecule has 0 bridgehead atoms. The van der Waals surface area contributed by atoms with Crippen LogP contribution in [0.1, 0.15) is 36.2 Å². The number of carbonyl (C=O) groups excluding carboxylic acids is 1. The number of halogens is 2. The smallest absolute Gasteiger partial charge is 0.264 e. The van der Waals surface area contributed by atoms with Gasteiger partial charge in [0.2, 0.25) is 0 Å². The highest BCUT2D eigenvalue weighted by Gasteiger charge is 2.34. The summed E-state index contributed by atoms with van der Waals surface area (Å²) in [6, 6.07) is 8.38. The Morgan fingerprint density at radius 2 is 1.86 bits per heavy atom. The molecule has 1 aliphatic rings. The Balaban J connectivity index is 1.99. The predicted octanol–water partition coefficient (Wildman–Crippen LogP) is 4.23. The van der Waals surface area contributed by atoms with E-state index < -0.39 is 27.2 Å². The second-order valence-electron chi connectivity index (χ2n) is 7.83. The molecule has 8 heteroatoms. The van der Waals surface area contributed by atoms with E-state index in [-0.39, 0.29) is 24.6 Å². The van der Waals surface area contributed by atoms with Gasteiger partial charge in [-0.1, -0.05) is 13.8 Å². The van der Waals surface area contributed by atoms with Gasteiger partial charge in [0.15, 0.2) is 5.78 Å². The number of anilines is 2. The van der Waals surface area contributed by atoms with Crippen LogP contribution in [0.2, 0.25) is 0 Å². The molecule has 3 rings (SSSR count). The number of benzene rings is 2. The Hall–Kier alpha value is -2.32. The van der Waals surface area contributed by atoms with Crippen LogP contribution in [0.4, 0.5) is 20.2 Å². The lowest BCUT2D eigenvalue weighted by Crippen LogP contribution is -2.31. The molecule has 0 radical (unpaired) electrons. The zero-order chi connectivity index (χ0) is 21.4. The van der Waals surface area contributed by atoms with Gasteiger partial charge >= 0.3 is 0 Å². The average molecular weight is 423 g/mol. The summed E-state index contributed by atoms with van der Waals surface area (Å²) in [4.78, 5) is 14.2. The fraction of sp³-hybridized carbons (Fsp3) is 0.381. The van der Waals surface area contributed by atoms with E-state index in [9.17, 15) is 22.0 Å². The fourth-order valence-electron chi connectivity index (χ4n) is 3.47. The highest BCUT2D eigenvalue weighted by Crippen LogP contribution is 2.37. The number of fused-ring (bicyclic) bond motifs is 1. The van der Waals surface area contributed by atoms with Gasteiger partial charge in [0.25, 0.3) is 10.1 Å². The van der Waals surface area contributed by atoms with Crippen LogP contribution in [0.3, 0.4) is 0 Å². The fourth-order valence-corrected chi connectivity index (χ4v) is 3.85. The molecule has 0 amide bonds. The van der Waals surface area contributed by atoms with Crippen molar-refractivity contribution < 1.29 is 26.2 Å². The zero-order valence-electron chi connectivity index (χ0n) is 16.5. The summed E-state index contributed by atoms with van der Waals surface area (Å²) in [5.74, 6) is -1.43. The van der Waals surface area contributed by atoms with E-state index in [0.29, 0.717) is 24.1 Å². The molecule has 0 N–H and O–H groups in total. The Labute approximate surface area is 169 Å². The van der Waals surface area contributed by atoms with Gasteiger partial charge in [0.1, 0.15) is 11.6 Å². The van der Waals surface area contributed by atoms with Crippen LogP contribution in [0.15, 0.2) is 36.4 Å². The molecule has 0 aliphatic heterocycles. The van der Waals surface area contributed by atoms with Crippen molar-refractivity contribution in [2.45, 2.75) is 26.7 Å². The molecule has 0 unspecified atom stereocenters. The summed E-state index contributed by atoms with van der Waals surface area (Å²) in [7, 11) is -3.66. The number of hydrogen-bond acceptors (Lipinski definition) is 5. The van der Waals surface area contributed by atoms with Crippen LogP contribution in [0.5, 0.6) is 0 Å². The first-order valence-electron chi connectivity index (χ1n) is 9.23. The normalized spacial score (nSPS) is 15.8. The van der Waals surface area contributed by atoms with Crippen molar-refractivity contribution >= 4 is 27.3 Å². The lowest BCUT2D eigenvalue weighted by molar-refractivity contribution is 0.0811. The summed E-state index contributed by atoms with van der Waals surface area (Å²) in [5, 5.41) is 0. The molecule has 0 spiro atoms. The van der Waals surface area contributed by atoms with Crippen LogP contribution in [-0.2, 0) is 20.7 Å². The maximum absolute atomic E-state index is 14.5. The van der Waals surface area contributed by atoms with E-state index >= 15 is 0 Å². The highest BCUT2D eigenvalue weighted by molar-refractivity contribution is 7.85. The second-order valence-corrected chi connectivity index (χ2v) is 9.47. The number of Topliss-reactive ketones (excluding diaryl/α,β-unsaturated/α-hetero) is 1. The quantitative estimate of drug-likeness (QED) is 0.651. The largest absolute Gasteiger partial charge is 0.337 e. The minimum Gasteiger partial charge on any atom is -0.337 e. The molecule has 0 heterocycles. The molecule has 0 atom stereocenters. The standard InChI is InChI=1S/C21H23F2NO4S/c1-21(2)9-8-14-12-16(5-6-17(14)20(21)25)24(10-11-28-29(3,26)27)19-7-4-15(22)13-18(19)23/h4-7,12-13H,8-11H2,1-3H3.